The Morgan fingerprint density at radius 3 is 2.78 bits per heavy atom. The highest BCUT2D eigenvalue weighted by atomic mass is 16.5. The zero-order chi connectivity index (χ0) is 23.3. The van der Waals surface area contributed by atoms with Gasteiger partial charge < -0.3 is 26.2 Å². The number of aliphatic hydroxyl groups is 1. The fraction of sp³-hybridized carbons (Fsp3) is 0.565. The third-order valence-corrected chi connectivity index (χ3v) is 5.63. The first-order valence-electron chi connectivity index (χ1n) is 11.1. The molecule has 1 heterocycles. The number of amidine groups is 1. The van der Waals surface area contributed by atoms with Crippen LogP contribution in [0, 0.1) is 6.92 Å². The number of nitrogens with one attached hydrogen (secondary N) is 2. The number of hydrogen-bond acceptors (Lipinski definition) is 7. The number of anilines is 1. The van der Waals surface area contributed by atoms with E-state index in [1.165, 1.54) is 0 Å². The number of carbonyl (C=O) groups excluding carboxylic acids is 1. The summed E-state index contributed by atoms with van der Waals surface area (Å²) < 4.78 is 4.99. The van der Waals surface area contributed by atoms with E-state index >= 15 is 0 Å². The number of fused-ring (bicyclic) bond motifs is 1. The van der Waals surface area contributed by atoms with Gasteiger partial charge in [0.25, 0.3) is 5.91 Å². The van der Waals surface area contributed by atoms with Crippen LogP contribution in [0.3, 0.4) is 0 Å². The molecule has 0 unspecified atom stereocenters. The van der Waals surface area contributed by atoms with Crippen molar-refractivity contribution in [3.05, 3.63) is 29.6 Å². The second-order valence-electron chi connectivity index (χ2n) is 8.84. The van der Waals surface area contributed by atoms with Crippen molar-refractivity contribution in [3.8, 4) is 0 Å². The third kappa shape index (κ3) is 5.92. The average Bonchev–Trinajstić information content (AvgIpc) is 2.74. The highest BCUT2D eigenvalue weighted by Crippen LogP contribution is 2.28. The maximum atomic E-state index is 12.6. The lowest BCUT2D eigenvalue weighted by Crippen LogP contribution is -2.43. The van der Waals surface area contributed by atoms with E-state index in [0.29, 0.717) is 24.5 Å². The largest absolute Gasteiger partial charge is 0.385 e. The summed E-state index contributed by atoms with van der Waals surface area (Å²) in [4.78, 5) is 26.3. The number of nitrogens with two attached hydrogens (primary N) is 1. The van der Waals surface area contributed by atoms with Crippen molar-refractivity contribution in [2.24, 2.45) is 10.7 Å². The van der Waals surface area contributed by atoms with Gasteiger partial charge in [-0.15, -0.1) is 0 Å². The Labute approximate surface area is 188 Å². The van der Waals surface area contributed by atoms with Crippen LogP contribution in [0.4, 0.5) is 5.82 Å². The Morgan fingerprint density at radius 2 is 2.06 bits per heavy atom. The highest BCUT2D eigenvalue weighted by molar-refractivity contribution is 5.96. The molecule has 9 nitrogen and oxygen atoms in total. The van der Waals surface area contributed by atoms with Crippen molar-refractivity contribution in [1.29, 1.82) is 0 Å². The lowest BCUT2D eigenvalue weighted by atomic mass is 9.90. The molecule has 32 heavy (non-hydrogen) atoms. The van der Waals surface area contributed by atoms with Crippen LogP contribution in [0.2, 0.25) is 0 Å². The standard InChI is InChI=1S/C23H34N6O3/c1-14-9-10-16-15(13-14)19(29-20(26-16)21(30)25-11-12-32-4)27-17-7-5-6-8-18(17)28-22(24)23(2,3)31/h9-10,13,17-18,31H,5-8,11-12H2,1-4H3,(H2,24,28)(H,25,30)(H,26,27,29)/t17-,18+/m0/s1. The van der Waals surface area contributed by atoms with Gasteiger partial charge in [0.2, 0.25) is 5.82 Å². The van der Waals surface area contributed by atoms with Crippen LogP contribution in [0.5, 0.6) is 0 Å². The van der Waals surface area contributed by atoms with Gasteiger partial charge in [0.05, 0.1) is 18.2 Å². The Kier molecular flexibility index (Phi) is 7.63. The molecule has 2 atom stereocenters. The average molecular weight is 443 g/mol. The van der Waals surface area contributed by atoms with E-state index in [0.717, 1.165) is 36.6 Å². The molecule has 2 aromatic rings. The van der Waals surface area contributed by atoms with Crippen molar-refractivity contribution in [3.63, 3.8) is 0 Å². The van der Waals surface area contributed by atoms with Crippen molar-refractivity contribution in [1.82, 2.24) is 15.3 Å². The molecular formula is C23H34N6O3. The van der Waals surface area contributed by atoms with E-state index < -0.39 is 5.60 Å². The van der Waals surface area contributed by atoms with Crippen LogP contribution in [-0.2, 0) is 4.74 Å². The number of nitrogens with zero attached hydrogens (tertiary/aromatic N) is 3. The predicted octanol–water partition coefficient (Wildman–Crippen LogP) is 2.17. The molecule has 1 fully saturated rings. The van der Waals surface area contributed by atoms with Crippen molar-refractivity contribution < 1.29 is 14.6 Å². The number of aliphatic imine (C=N–C) groups is 1. The molecule has 0 spiro atoms. The first kappa shape index (κ1) is 23.9. The summed E-state index contributed by atoms with van der Waals surface area (Å²) in [6.07, 6.45) is 3.85. The first-order valence-corrected chi connectivity index (χ1v) is 11.1. The second kappa shape index (κ2) is 10.2. The van der Waals surface area contributed by atoms with E-state index in [1.54, 1.807) is 21.0 Å². The molecule has 0 bridgehead atoms. The molecule has 5 N–H and O–H groups in total. The topological polar surface area (TPSA) is 135 Å². The molecule has 174 valence electrons. The number of ether oxygens (including phenoxy) is 1. The Hall–Kier alpha value is -2.78. The summed E-state index contributed by atoms with van der Waals surface area (Å²) in [5.74, 6) is 0.575. The van der Waals surface area contributed by atoms with Gasteiger partial charge in [0.1, 0.15) is 17.3 Å². The molecule has 1 aliphatic carbocycles. The molecule has 3 rings (SSSR count). The van der Waals surface area contributed by atoms with E-state index in [-0.39, 0.29) is 29.7 Å². The normalized spacial score (nSPS) is 19.7. The maximum absolute atomic E-state index is 12.6. The monoisotopic (exact) mass is 442 g/mol. The summed E-state index contributed by atoms with van der Waals surface area (Å²) in [7, 11) is 1.58. The lowest BCUT2D eigenvalue weighted by molar-refractivity contribution is 0.0927. The van der Waals surface area contributed by atoms with E-state index in [9.17, 15) is 9.90 Å². The minimum absolute atomic E-state index is 0.0207. The zero-order valence-corrected chi connectivity index (χ0v) is 19.3. The van der Waals surface area contributed by atoms with Crippen molar-refractivity contribution in [2.75, 3.05) is 25.6 Å². The Bertz CT molecular complexity index is 986. The molecule has 1 aliphatic rings. The van der Waals surface area contributed by atoms with Crippen LogP contribution in [0.25, 0.3) is 10.9 Å². The molecule has 1 aromatic heterocycles. The number of methoxy groups -OCH3 is 1. The van der Waals surface area contributed by atoms with Crippen molar-refractivity contribution >= 4 is 28.5 Å². The van der Waals surface area contributed by atoms with Gasteiger partial charge in [-0.2, -0.15) is 0 Å². The van der Waals surface area contributed by atoms with Gasteiger partial charge in [-0.25, -0.2) is 9.97 Å². The molecule has 0 saturated heterocycles. The zero-order valence-electron chi connectivity index (χ0n) is 19.3. The van der Waals surface area contributed by atoms with E-state index in [4.69, 9.17) is 10.5 Å². The molecule has 0 radical (unpaired) electrons. The number of amides is 1. The SMILES string of the molecule is COCCNC(=O)c1nc(N[C@H]2CCCC[C@H]2N=C(N)C(C)(C)O)c2cc(C)ccc2n1. The highest BCUT2D eigenvalue weighted by Gasteiger charge is 2.28. The summed E-state index contributed by atoms with van der Waals surface area (Å²) in [6, 6.07) is 5.75. The molecule has 9 heteroatoms. The lowest BCUT2D eigenvalue weighted by Gasteiger charge is -2.31. The smallest absolute Gasteiger partial charge is 0.289 e. The van der Waals surface area contributed by atoms with E-state index in [1.807, 2.05) is 25.1 Å². The fourth-order valence-electron chi connectivity index (χ4n) is 3.75. The van der Waals surface area contributed by atoms with Crippen LogP contribution >= 0.6 is 0 Å². The minimum Gasteiger partial charge on any atom is -0.385 e. The van der Waals surface area contributed by atoms with Gasteiger partial charge >= 0.3 is 0 Å². The van der Waals surface area contributed by atoms with Crippen LogP contribution in [0.15, 0.2) is 23.2 Å². The third-order valence-electron chi connectivity index (χ3n) is 5.63. The van der Waals surface area contributed by atoms with Gasteiger partial charge in [-0.1, -0.05) is 24.5 Å². The van der Waals surface area contributed by atoms with Gasteiger partial charge in [-0.3, -0.25) is 9.79 Å². The molecular weight excluding hydrogens is 408 g/mol. The predicted molar refractivity (Wildman–Crippen MR) is 126 cm³/mol. The summed E-state index contributed by atoms with van der Waals surface area (Å²) in [6.45, 7) is 6.06. The van der Waals surface area contributed by atoms with Crippen LogP contribution in [0.1, 0.15) is 55.7 Å². The molecule has 1 saturated carbocycles. The number of benzene rings is 1. The number of carbonyl (C=O) groups is 1. The van der Waals surface area contributed by atoms with Crippen LogP contribution < -0.4 is 16.4 Å². The summed E-state index contributed by atoms with van der Waals surface area (Å²) in [5.41, 5.74) is 6.65. The number of aromatic nitrogens is 2. The van der Waals surface area contributed by atoms with E-state index in [2.05, 4.69) is 25.6 Å². The first-order chi connectivity index (χ1) is 15.2. The number of rotatable bonds is 8. The molecule has 1 amide bonds. The van der Waals surface area contributed by atoms with Gasteiger partial charge in [0, 0.05) is 25.1 Å². The summed E-state index contributed by atoms with van der Waals surface area (Å²) in [5, 5.41) is 17.3. The minimum atomic E-state index is -1.17. The quantitative estimate of drug-likeness (QED) is 0.279. The fourth-order valence-corrected chi connectivity index (χ4v) is 3.75. The van der Waals surface area contributed by atoms with Crippen molar-refractivity contribution in [2.45, 2.75) is 64.1 Å². The molecule has 1 aromatic carbocycles. The van der Waals surface area contributed by atoms with Gasteiger partial charge in [-0.05, 0) is 45.7 Å². The van der Waals surface area contributed by atoms with Crippen LogP contribution in [-0.4, -0.2) is 64.8 Å². The number of hydrogen-bond donors (Lipinski definition) is 4. The van der Waals surface area contributed by atoms with Gasteiger partial charge in [0.15, 0.2) is 0 Å². The Balaban J connectivity index is 1.94. The maximum Gasteiger partial charge on any atom is 0.289 e. The molecule has 0 aliphatic heterocycles. The second-order valence-corrected chi connectivity index (χ2v) is 8.84. The summed E-state index contributed by atoms with van der Waals surface area (Å²) >= 11 is 0. The Morgan fingerprint density at radius 1 is 1.31 bits per heavy atom. The number of aryl methyl sites for hydroxylation is 1.